The van der Waals surface area contributed by atoms with Crippen molar-refractivity contribution in [2.45, 2.75) is 4.90 Å². The molecule has 1 N–H and O–H groups in total. The molecule has 1 aromatic heterocycles. The summed E-state index contributed by atoms with van der Waals surface area (Å²) in [5, 5.41) is 1.01. The molecule has 100 valence electrons. The Morgan fingerprint density at radius 1 is 1.15 bits per heavy atom. The molecule has 0 aliphatic carbocycles. The highest BCUT2D eigenvalue weighted by atomic mass is 32.2. The predicted molar refractivity (Wildman–Crippen MR) is 81.5 cm³/mol. The zero-order valence-corrected chi connectivity index (χ0v) is 11.7. The van der Waals surface area contributed by atoms with Crippen LogP contribution in [-0.4, -0.2) is 22.1 Å². The minimum atomic E-state index is -0.983. The first kappa shape index (κ1) is 13.0. The molecule has 2 aromatic carbocycles. The number of benzene rings is 2. The molecule has 0 aliphatic rings. The van der Waals surface area contributed by atoms with Crippen molar-refractivity contribution >= 4 is 28.4 Å². The normalized spacial score (nSPS) is 12.5. The Morgan fingerprint density at radius 2 is 1.90 bits per heavy atom. The molecule has 3 rings (SSSR count). The van der Waals surface area contributed by atoms with Crippen LogP contribution in [0.2, 0.25) is 0 Å². The van der Waals surface area contributed by atoms with Gasteiger partial charge in [-0.15, -0.1) is 0 Å². The van der Waals surface area contributed by atoms with Gasteiger partial charge in [0.2, 0.25) is 0 Å². The van der Waals surface area contributed by atoms with Crippen LogP contribution in [0.1, 0.15) is 10.4 Å². The summed E-state index contributed by atoms with van der Waals surface area (Å²) in [6.07, 6.45) is 4.37. The van der Waals surface area contributed by atoms with E-state index in [4.69, 9.17) is 0 Å². The Balaban J connectivity index is 2.17. The van der Waals surface area contributed by atoms with Crippen molar-refractivity contribution in [3.63, 3.8) is 0 Å². The quantitative estimate of drug-likeness (QED) is 0.591. The van der Waals surface area contributed by atoms with Gasteiger partial charge in [-0.25, -0.2) is 0 Å². The SMILES string of the molecule is C[S+]([O-])c1ccc(-c2cc(C=O)cc3cc[nH]c23)cc1. The molecule has 20 heavy (non-hydrogen) atoms. The van der Waals surface area contributed by atoms with E-state index in [1.54, 1.807) is 6.26 Å². The van der Waals surface area contributed by atoms with Crippen LogP contribution in [0.15, 0.2) is 53.6 Å². The molecule has 3 nitrogen and oxygen atoms in total. The van der Waals surface area contributed by atoms with Crippen molar-refractivity contribution in [2.24, 2.45) is 0 Å². The smallest absolute Gasteiger partial charge is 0.152 e. The molecular formula is C16H13NO2S. The van der Waals surface area contributed by atoms with Gasteiger partial charge in [0.05, 0.1) is 5.52 Å². The number of aromatic nitrogens is 1. The standard InChI is InChI=1S/C16H13NO2S/c1-20(19)14-4-2-12(3-5-14)15-9-11(10-18)8-13-6-7-17-16(13)15/h2-10,17H,1H3. The monoisotopic (exact) mass is 283 g/mol. The van der Waals surface area contributed by atoms with Gasteiger partial charge in [0.15, 0.2) is 4.90 Å². The van der Waals surface area contributed by atoms with Crippen molar-refractivity contribution in [2.75, 3.05) is 6.26 Å². The lowest BCUT2D eigenvalue weighted by molar-refractivity contribution is 0.112. The summed E-state index contributed by atoms with van der Waals surface area (Å²) in [6.45, 7) is 0. The number of aldehydes is 1. The van der Waals surface area contributed by atoms with Crippen molar-refractivity contribution in [1.82, 2.24) is 4.98 Å². The Morgan fingerprint density at radius 3 is 2.55 bits per heavy atom. The molecule has 1 unspecified atom stereocenters. The fraction of sp³-hybridized carbons (Fsp3) is 0.0625. The third-order valence-corrected chi connectivity index (χ3v) is 4.25. The van der Waals surface area contributed by atoms with E-state index in [-0.39, 0.29) is 0 Å². The molecule has 1 atom stereocenters. The largest absolute Gasteiger partial charge is 0.612 e. The van der Waals surface area contributed by atoms with Crippen molar-refractivity contribution in [3.05, 3.63) is 54.2 Å². The Hall–Kier alpha value is -2.04. The van der Waals surface area contributed by atoms with Gasteiger partial charge in [-0.2, -0.15) is 0 Å². The van der Waals surface area contributed by atoms with Crippen LogP contribution >= 0.6 is 0 Å². The highest BCUT2D eigenvalue weighted by Crippen LogP contribution is 2.29. The molecule has 0 fully saturated rings. The maximum Gasteiger partial charge on any atom is 0.152 e. The molecule has 0 saturated carbocycles. The zero-order valence-electron chi connectivity index (χ0n) is 10.9. The number of fused-ring (bicyclic) bond motifs is 1. The summed E-state index contributed by atoms with van der Waals surface area (Å²) in [7, 11) is 0. The van der Waals surface area contributed by atoms with Gasteiger partial charge in [0.1, 0.15) is 12.5 Å². The van der Waals surface area contributed by atoms with E-state index in [0.29, 0.717) is 5.56 Å². The van der Waals surface area contributed by atoms with Crippen LogP contribution in [0.5, 0.6) is 0 Å². The average molecular weight is 283 g/mol. The van der Waals surface area contributed by atoms with Crippen LogP contribution in [0.25, 0.3) is 22.0 Å². The number of rotatable bonds is 3. The lowest BCUT2D eigenvalue weighted by Gasteiger charge is -2.08. The second-order valence-electron chi connectivity index (χ2n) is 4.61. The van der Waals surface area contributed by atoms with E-state index in [0.717, 1.165) is 33.2 Å². The Bertz CT molecular complexity index is 760. The summed E-state index contributed by atoms with van der Waals surface area (Å²) in [6, 6.07) is 13.2. The molecule has 0 radical (unpaired) electrons. The molecule has 3 aromatic rings. The van der Waals surface area contributed by atoms with E-state index in [2.05, 4.69) is 4.98 Å². The fourth-order valence-corrected chi connectivity index (χ4v) is 2.84. The molecule has 0 spiro atoms. The lowest BCUT2D eigenvalue weighted by Crippen LogP contribution is -1.96. The van der Waals surface area contributed by atoms with Gasteiger partial charge >= 0.3 is 0 Å². The third kappa shape index (κ3) is 2.24. The first-order valence-electron chi connectivity index (χ1n) is 6.19. The summed E-state index contributed by atoms with van der Waals surface area (Å²) in [4.78, 5) is 15.0. The van der Waals surface area contributed by atoms with E-state index in [1.165, 1.54) is 0 Å². The van der Waals surface area contributed by atoms with Gasteiger partial charge in [-0.1, -0.05) is 0 Å². The summed E-state index contributed by atoms with van der Waals surface area (Å²) in [5.41, 5.74) is 3.62. The number of H-pyrrole nitrogens is 1. The second kappa shape index (κ2) is 5.15. The minimum Gasteiger partial charge on any atom is -0.612 e. The van der Waals surface area contributed by atoms with Crippen LogP contribution < -0.4 is 0 Å². The number of carbonyl (C=O) groups is 1. The molecule has 0 aliphatic heterocycles. The number of nitrogens with one attached hydrogen (secondary N) is 1. The van der Waals surface area contributed by atoms with Gasteiger partial charge in [0.25, 0.3) is 0 Å². The maximum atomic E-state index is 11.4. The molecular weight excluding hydrogens is 270 g/mol. The molecule has 0 saturated heterocycles. The fourth-order valence-electron chi connectivity index (χ4n) is 2.32. The number of carbonyl (C=O) groups excluding carboxylic acids is 1. The van der Waals surface area contributed by atoms with E-state index in [1.807, 2.05) is 48.7 Å². The van der Waals surface area contributed by atoms with Gasteiger partial charge in [-0.05, 0) is 59.2 Å². The highest BCUT2D eigenvalue weighted by molar-refractivity contribution is 7.90. The van der Waals surface area contributed by atoms with Gasteiger partial charge in [-0.3, -0.25) is 4.79 Å². The van der Waals surface area contributed by atoms with E-state index < -0.39 is 11.2 Å². The third-order valence-electron chi connectivity index (χ3n) is 3.32. The second-order valence-corrected chi connectivity index (χ2v) is 5.99. The highest BCUT2D eigenvalue weighted by Gasteiger charge is 2.09. The molecule has 0 amide bonds. The van der Waals surface area contributed by atoms with Crippen LogP contribution in [-0.2, 0) is 11.2 Å². The van der Waals surface area contributed by atoms with Crippen molar-refractivity contribution in [3.8, 4) is 11.1 Å². The topological polar surface area (TPSA) is 55.9 Å². The van der Waals surface area contributed by atoms with Crippen LogP contribution in [0.3, 0.4) is 0 Å². The first-order chi connectivity index (χ1) is 9.69. The van der Waals surface area contributed by atoms with Crippen LogP contribution in [0.4, 0.5) is 0 Å². The Kier molecular flexibility index (Phi) is 3.34. The first-order valence-corrected chi connectivity index (χ1v) is 7.75. The van der Waals surface area contributed by atoms with E-state index in [9.17, 15) is 9.35 Å². The van der Waals surface area contributed by atoms with Crippen molar-refractivity contribution < 1.29 is 9.35 Å². The summed E-state index contributed by atoms with van der Waals surface area (Å²) < 4.78 is 11.4. The summed E-state index contributed by atoms with van der Waals surface area (Å²) >= 11 is -0.983. The van der Waals surface area contributed by atoms with Crippen molar-refractivity contribution in [1.29, 1.82) is 0 Å². The summed E-state index contributed by atoms with van der Waals surface area (Å²) in [5.74, 6) is 0. The van der Waals surface area contributed by atoms with Gasteiger partial charge in [0, 0.05) is 22.7 Å². The Labute approximate surface area is 119 Å². The minimum absolute atomic E-state index is 0.648. The predicted octanol–water partition coefficient (Wildman–Crippen LogP) is 3.38. The number of hydrogen-bond acceptors (Lipinski definition) is 2. The molecule has 0 bridgehead atoms. The zero-order chi connectivity index (χ0) is 14.1. The maximum absolute atomic E-state index is 11.4. The average Bonchev–Trinajstić information content (AvgIpc) is 2.94. The lowest BCUT2D eigenvalue weighted by atomic mass is 10.0. The number of hydrogen-bond donors (Lipinski definition) is 1. The molecule has 1 heterocycles. The molecule has 4 heteroatoms. The van der Waals surface area contributed by atoms with E-state index >= 15 is 0 Å². The van der Waals surface area contributed by atoms with Gasteiger partial charge < -0.3 is 9.54 Å². The van der Waals surface area contributed by atoms with Crippen LogP contribution in [0, 0.1) is 0 Å². The number of aromatic amines is 1.